The molecule has 21 heavy (non-hydrogen) atoms. The number of hydrogen-bond donors (Lipinski definition) is 2. The lowest BCUT2D eigenvalue weighted by Gasteiger charge is -2.30. The van der Waals surface area contributed by atoms with Crippen LogP contribution in [-0.4, -0.2) is 78.8 Å². The van der Waals surface area contributed by atoms with Crippen molar-refractivity contribution in [2.24, 2.45) is 5.92 Å². The van der Waals surface area contributed by atoms with E-state index in [9.17, 15) is 14.4 Å². The second kappa shape index (κ2) is 7.26. The standard InChI is InChI=1S/C13H23N3O5/c1-8(2)14-11(17)5-15(3)13(20)16(4)10-7-21-6-9(10)12(18)19/h8-10H,5-7H2,1-4H3,(H,14,17)(H,18,19). The normalized spacial score (nSPS) is 21.2. The second-order valence-corrected chi connectivity index (χ2v) is 5.52. The highest BCUT2D eigenvalue weighted by Crippen LogP contribution is 2.19. The molecular weight excluding hydrogens is 278 g/mol. The van der Waals surface area contributed by atoms with E-state index in [0.717, 1.165) is 0 Å². The molecule has 0 aromatic rings. The number of nitrogens with zero attached hydrogens (tertiary/aromatic N) is 2. The lowest BCUT2D eigenvalue weighted by atomic mass is 10.0. The average Bonchev–Trinajstić information content (AvgIpc) is 2.84. The van der Waals surface area contributed by atoms with Gasteiger partial charge < -0.3 is 25.0 Å². The van der Waals surface area contributed by atoms with Gasteiger partial charge in [-0.3, -0.25) is 9.59 Å². The molecule has 0 saturated carbocycles. The number of aliphatic carboxylic acids is 1. The number of carbonyl (C=O) groups excluding carboxylic acids is 2. The van der Waals surface area contributed by atoms with Crippen LogP contribution < -0.4 is 5.32 Å². The molecular formula is C13H23N3O5. The smallest absolute Gasteiger partial charge is 0.320 e. The molecule has 1 heterocycles. The fourth-order valence-corrected chi connectivity index (χ4v) is 2.22. The maximum absolute atomic E-state index is 12.2. The first-order valence-corrected chi connectivity index (χ1v) is 6.81. The van der Waals surface area contributed by atoms with Crippen molar-refractivity contribution in [1.29, 1.82) is 0 Å². The zero-order valence-corrected chi connectivity index (χ0v) is 12.8. The fraction of sp³-hybridized carbons (Fsp3) is 0.769. The summed E-state index contributed by atoms with van der Waals surface area (Å²) in [4.78, 5) is 37.6. The summed E-state index contributed by atoms with van der Waals surface area (Å²) in [7, 11) is 3.03. The van der Waals surface area contributed by atoms with Crippen molar-refractivity contribution >= 4 is 17.9 Å². The molecule has 8 heteroatoms. The topological polar surface area (TPSA) is 99.2 Å². The van der Waals surface area contributed by atoms with Crippen LogP contribution in [0.2, 0.25) is 0 Å². The summed E-state index contributed by atoms with van der Waals surface area (Å²) in [6.45, 7) is 3.87. The van der Waals surface area contributed by atoms with Crippen molar-refractivity contribution in [3.63, 3.8) is 0 Å². The van der Waals surface area contributed by atoms with E-state index in [4.69, 9.17) is 9.84 Å². The molecule has 2 unspecified atom stereocenters. The first kappa shape index (κ1) is 17.2. The van der Waals surface area contributed by atoms with Crippen molar-refractivity contribution < 1.29 is 24.2 Å². The molecule has 2 atom stereocenters. The maximum Gasteiger partial charge on any atom is 0.320 e. The monoisotopic (exact) mass is 301 g/mol. The van der Waals surface area contributed by atoms with Crippen LogP contribution in [0.3, 0.4) is 0 Å². The molecule has 1 rings (SSSR count). The Labute approximate surface area is 124 Å². The van der Waals surface area contributed by atoms with Crippen molar-refractivity contribution in [1.82, 2.24) is 15.1 Å². The molecule has 2 N–H and O–H groups in total. The molecule has 0 bridgehead atoms. The third kappa shape index (κ3) is 4.59. The van der Waals surface area contributed by atoms with E-state index >= 15 is 0 Å². The van der Waals surface area contributed by atoms with Gasteiger partial charge in [0, 0.05) is 20.1 Å². The molecule has 1 fully saturated rings. The first-order valence-electron chi connectivity index (χ1n) is 6.81. The van der Waals surface area contributed by atoms with Gasteiger partial charge in [-0.15, -0.1) is 0 Å². The Morgan fingerprint density at radius 1 is 1.29 bits per heavy atom. The van der Waals surface area contributed by atoms with Gasteiger partial charge in [-0.1, -0.05) is 0 Å². The van der Waals surface area contributed by atoms with E-state index < -0.39 is 24.0 Å². The number of ether oxygens (including phenoxy) is 1. The SMILES string of the molecule is CC(C)NC(=O)CN(C)C(=O)N(C)C1COCC1C(=O)O. The van der Waals surface area contributed by atoms with Gasteiger partial charge in [0.05, 0.1) is 19.3 Å². The summed E-state index contributed by atoms with van der Waals surface area (Å²) in [5.74, 6) is -1.99. The van der Waals surface area contributed by atoms with Crippen LogP contribution >= 0.6 is 0 Å². The number of hydrogen-bond acceptors (Lipinski definition) is 4. The second-order valence-electron chi connectivity index (χ2n) is 5.52. The number of rotatable bonds is 5. The number of nitrogens with one attached hydrogen (secondary N) is 1. The van der Waals surface area contributed by atoms with Crippen LogP contribution in [-0.2, 0) is 14.3 Å². The van der Waals surface area contributed by atoms with Gasteiger partial charge in [-0.2, -0.15) is 0 Å². The largest absolute Gasteiger partial charge is 0.481 e. The number of carboxylic acids is 1. The quantitative estimate of drug-likeness (QED) is 0.719. The van der Waals surface area contributed by atoms with Crippen LogP contribution in [0.5, 0.6) is 0 Å². The number of urea groups is 1. The molecule has 1 aliphatic rings. The number of carboxylic acid groups (broad SMARTS) is 1. The Morgan fingerprint density at radius 2 is 1.90 bits per heavy atom. The van der Waals surface area contributed by atoms with Crippen LogP contribution in [0, 0.1) is 5.92 Å². The van der Waals surface area contributed by atoms with Gasteiger partial charge in [-0.25, -0.2) is 4.79 Å². The number of amides is 3. The van der Waals surface area contributed by atoms with E-state index in [0.29, 0.717) is 0 Å². The Bertz CT molecular complexity index is 413. The van der Waals surface area contributed by atoms with Gasteiger partial charge in [0.25, 0.3) is 0 Å². The van der Waals surface area contributed by atoms with Crippen LogP contribution in [0.4, 0.5) is 4.79 Å². The van der Waals surface area contributed by atoms with Gasteiger partial charge in [0.15, 0.2) is 0 Å². The lowest BCUT2D eigenvalue weighted by Crippen LogP contribution is -2.51. The van der Waals surface area contributed by atoms with Gasteiger partial charge in [-0.05, 0) is 13.8 Å². The number of carbonyl (C=O) groups is 3. The zero-order valence-electron chi connectivity index (χ0n) is 12.8. The highest BCUT2D eigenvalue weighted by atomic mass is 16.5. The summed E-state index contributed by atoms with van der Waals surface area (Å²) < 4.78 is 5.14. The zero-order chi connectivity index (χ0) is 16.2. The van der Waals surface area contributed by atoms with E-state index in [1.54, 1.807) is 0 Å². The Kier molecular flexibility index (Phi) is 5.95. The summed E-state index contributed by atoms with van der Waals surface area (Å²) in [6, 6.07) is -0.931. The lowest BCUT2D eigenvalue weighted by molar-refractivity contribution is -0.142. The molecule has 3 amide bonds. The Hall–Kier alpha value is -1.83. The van der Waals surface area contributed by atoms with Crippen molar-refractivity contribution in [2.45, 2.75) is 25.9 Å². The van der Waals surface area contributed by atoms with Crippen LogP contribution in [0.1, 0.15) is 13.8 Å². The predicted octanol–water partition coefficient (Wildman–Crippen LogP) is -0.406. The Balaban J connectivity index is 2.60. The van der Waals surface area contributed by atoms with Crippen molar-refractivity contribution in [3.8, 4) is 0 Å². The van der Waals surface area contributed by atoms with E-state index in [2.05, 4.69) is 5.32 Å². The average molecular weight is 301 g/mol. The molecule has 120 valence electrons. The highest BCUT2D eigenvalue weighted by molar-refractivity contribution is 5.84. The van der Waals surface area contributed by atoms with E-state index in [1.807, 2.05) is 13.8 Å². The molecule has 0 radical (unpaired) electrons. The van der Waals surface area contributed by atoms with Crippen LogP contribution in [0.25, 0.3) is 0 Å². The molecule has 1 saturated heterocycles. The third-order valence-corrected chi connectivity index (χ3v) is 3.32. The molecule has 0 spiro atoms. The summed E-state index contributed by atoms with van der Waals surface area (Å²) in [6.07, 6.45) is 0. The molecule has 8 nitrogen and oxygen atoms in total. The maximum atomic E-state index is 12.2. The summed E-state index contributed by atoms with van der Waals surface area (Å²) in [5, 5.41) is 11.8. The third-order valence-electron chi connectivity index (χ3n) is 3.32. The minimum Gasteiger partial charge on any atom is -0.481 e. The minimum atomic E-state index is -0.989. The minimum absolute atomic E-state index is 0.00152. The van der Waals surface area contributed by atoms with Crippen molar-refractivity contribution in [2.75, 3.05) is 33.9 Å². The molecule has 0 aromatic heterocycles. The number of likely N-dealkylation sites (N-methyl/N-ethyl adjacent to an activating group) is 2. The first-order chi connectivity index (χ1) is 9.73. The Morgan fingerprint density at radius 3 is 2.43 bits per heavy atom. The molecule has 1 aliphatic heterocycles. The fourth-order valence-electron chi connectivity index (χ4n) is 2.22. The van der Waals surface area contributed by atoms with Gasteiger partial charge >= 0.3 is 12.0 Å². The van der Waals surface area contributed by atoms with Gasteiger partial charge in [0.1, 0.15) is 12.5 Å². The summed E-state index contributed by atoms with van der Waals surface area (Å²) >= 11 is 0. The van der Waals surface area contributed by atoms with Gasteiger partial charge in [0.2, 0.25) is 5.91 Å². The van der Waals surface area contributed by atoms with E-state index in [1.165, 1.54) is 23.9 Å². The van der Waals surface area contributed by atoms with Crippen LogP contribution in [0.15, 0.2) is 0 Å². The molecule has 0 aromatic carbocycles. The highest BCUT2D eigenvalue weighted by Gasteiger charge is 2.39. The predicted molar refractivity (Wildman–Crippen MR) is 74.8 cm³/mol. The summed E-state index contributed by atoms with van der Waals surface area (Å²) in [5.41, 5.74) is 0. The van der Waals surface area contributed by atoms with E-state index in [-0.39, 0.29) is 31.7 Å². The molecule has 0 aliphatic carbocycles. The van der Waals surface area contributed by atoms with Crippen molar-refractivity contribution in [3.05, 3.63) is 0 Å².